The maximum Gasteiger partial charge on any atom is 0.324 e. The van der Waals surface area contributed by atoms with Gasteiger partial charge in [-0.3, -0.25) is 9.78 Å². The van der Waals surface area contributed by atoms with Crippen LogP contribution >= 0.6 is 0 Å². The second kappa shape index (κ2) is 4.51. The van der Waals surface area contributed by atoms with Crippen LogP contribution in [-0.4, -0.2) is 20.3 Å². The molecule has 1 aromatic carbocycles. The van der Waals surface area contributed by atoms with Crippen LogP contribution in [0.2, 0.25) is 0 Å². The third kappa shape index (κ3) is 2.00. The Morgan fingerprint density at radius 2 is 2.25 bits per heavy atom. The Bertz CT molecular complexity index is 579. The molecule has 2 aromatic rings. The second-order valence-corrected chi connectivity index (χ2v) is 4.60. The van der Waals surface area contributed by atoms with Crippen molar-refractivity contribution in [2.24, 2.45) is 0 Å². The highest BCUT2D eigenvalue weighted by molar-refractivity contribution is 7.91. The predicted octanol–water partition coefficient (Wildman–Crippen LogP) is 1.22. The number of H-pyrrole nitrogens is 1. The molecule has 0 aliphatic carbocycles. The van der Waals surface area contributed by atoms with E-state index in [2.05, 4.69) is 16.5 Å². The number of fused-ring (bicyclic) bond motifs is 1. The molecule has 1 atom stereocenters. The van der Waals surface area contributed by atoms with Gasteiger partial charge >= 0.3 is 5.16 Å². The number of aromatic nitrogens is 2. The van der Waals surface area contributed by atoms with Crippen molar-refractivity contribution in [1.82, 2.24) is 9.97 Å². The fraction of sp³-hybridized carbons (Fsp3) is 0.0909. The van der Waals surface area contributed by atoms with Gasteiger partial charge < -0.3 is 4.55 Å². The summed E-state index contributed by atoms with van der Waals surface area (Å²) in [7, 11) is 0. The first-order valence-corrected chi connectivity index (χ1v) is 6.02. The number of rotatable bonds is 3. The maximum atomic E-state index is 11.7. The zero-order valence-corrected chi connectivity index (χ0v) is 9.29. The monoisotopic (exact) mass is 234 g/mol. The highest BCUT2D eigenvalue weighted by Gasteiger charge is 2.13. The predicted molar refractivity (Wildman–Crippen MR) is 63.8 cm³/mol. The average molecular weight is 234 g/mol. The maximum absolute atomic E-state index is 11.7. The summed E-state index contributed by atoms with van der Waals surface area (Å²) in [5.41, 5.74) is 0.289. The lowest BCUT2D eigenvalue weighted by molar-refractivity contribution is 0.589. The number of benzene rings is 1. The molecule has 0 bridgehead atoms. The van der Waals surface area contributed by atoms with Gasteiger partial charge in [-0.1, -0.05) is 18.7 Å². The van der Waals surface area contributed by atoms with Gasteiger partial charge in [-0.15, -0.1) is 0 Å². The number of hydrogen-bond acceptors (Lipinski definition) is 3. The molecular weight excluding hydrogens is 224 g/mol. The summed E-state index contributed by atoms with van der Waals surface area (Å²) < 4.78 is 11.6. The SMILES string of the molecule is C=CC[S+]([O-])c1nc2ccccc2c(=O)[nH]1. The molecule has 1 heterocycles. The Morgan fingerprint density at radius 3 is 3.00 bits per heavy atom. The van der Waals surface area contributed by atoms with Crippen LogP contribution in [0.15, 0.2) is 46.9 Å². The summed E-state index contributed by atoms with van der Waals surface area (Å²) in [4.78, 5) is 18.3. The van der Waals surface area contributed by atoms with Crippen molar-refractivity contribution in [3.63, 3.8) is 0 Å². The molecule has 0 aliphatic rings. The van der Waals surface area contributed by atoms with E-state index in [1.165, 1.54) is 6.08 Å². The molecule has 0 amide bonds. The quantitative estimate of drug-likeness (QED) is 0.493. The van der Waals surface area contributed by atoms with Gasteiger partial charge in [0.15, 0.2) is 0 Å². The lowest BCUT2D eigenvalue weighted by Gasteiger charge is -2.06. The van der Waals surface area contributed by atoms with E-state index in [9.17, 15) is 9.35 Å². The van der Waals surface area contributed by atoms with Gasteiger partial charge in [-0.2, -0.15) is 4.98 Å². The van der Waals surface area contributed by atoms with Crippen molar-refractivity contribution in [3.05, 3.63) is 47.3 Å². The normalized spacial score (nSPS) is 12.6. The van der Waals surface area contributed by atoms with Crippen molar-refractivity contribution in [3.8, 4) is 0 Å². The van der Waals surface area contributed by atoms with Crippen molar-refractivity contribution in [2.75, 3.05) is 5.75 Å². The smallest absolute Gasteiger partial charge is 0.324 e. The van der Waals surface area contributed by atoms with E-state index in [0.29, 0.717) is 10.9 Å². The third-order valence-electron chi connectivity index (χ3n) is 2.08. The highest BCUT2D eigenvalue weighted by atomic mass is 32.2. The van der Waals surface area contributed by atoms with E-state index in [-0.39, 0.29) is 16.5 Å². The molecular formula is C11H10N2O2S. The average Bonchev–Trinajstić information content (AvgIpc) is 2.29. The topological polar surface area (TPSA) is 68.8 Å². The first kappa shape index (κ1) is 10.9. The van der Waals surface area contributed by atoms with Gasteiger partial charge in [0.2, 0.25) is 0 Å². The van der Waals surface area contributed by atoms with E-state index in [1.807, 2.05) is 0 Å². The first-order chi connectivity index (χ1) is 7.72. The van der Waals surface area contributed by atoms with Gasteiger partial charge in [0.05, 0.1) is 10.9 Å². The van der Waals surface area contributed by atoms with Gasteiger partial charge in [0.1, 0.15) is 5.75 Å². The Morgan fingerprint density at radius 1 is 1.50 bits per heavy atom. The van der Waals surface area contributed by atoms with Crippen LogP contribution < -0.4 is 5.56 Å². The fourth-order valence-electron chi connectivity index (χ4n) is 1.36. The van der Waals surface area contributed by atoms with Crippen molar-refractivity contribution in [2.45, 2.75) is 5.16 Å². The summed E-state index contributed by atoms with van der Waals surface area (Å²) in [5, 5.41) is 0.699. The summed E-state index contributed by atoms with van der Waals surface area (Å²) in [6.07, 6.45) is 1.53. The third-order valence-corrected chi connectivity index (χ3v) is 3.24. The molecule has 4 nitrogen and oxygen atoms in total. The van der Waals surface area contributed by atoms with E-state index in [4.69, 9.17) is 0 Å². The molecule has 0 fully saturated rings. The fourth-order valence-corrected chi connectivity index (χ4v) is 2.14. The van der Waals surface area contributed by atoms with Crippen LogP contribution in [0.1, 0.15) is 0 Å². The molecule has 82 valence electrons. The molecule has 1 N–H and O–H groups in total. The van der Waals surface area contributed by atoms with Crippen molar-refractivity contribution >= 4 is 22.1 Å². The Labute approximate surface area is 95.2 Å². The van der Waals surface area contributed by atoms with E-state index < -0.39 is 11.2 Å². The molecule has 1 unspecified atom stereocenters. The van der Waals surface area contributed by atoms with Crippen LogP contribution in [0.3, 0.4) is 0 Å². The number of para-hydroxylation sites is 1. The molecule has 16 heavy (non-hydrogen) atoms. The van der Waals surface area contributed by atoms with E-state index in [1.54, 1.807) is 24.3 Å². The molecule has 1 aromatic heterocycles. The van der Waals surface area contributed by atoms with Crippen LogP contribution in [0.25, 0.3) is 10.9 Å². The summed E-state index contributed by atoms with van der Waals surface area (Å²) in [6, 6.07) is 6.95. The van der Waals surface area contributed by atoms with Crippen LogP contribution in [0, 0.1) is 0 Å². The molecule has 0 aliphatic heterocycles. The standard InChI is InChI=1S/C11H10N2O2S/c1-2-7-16(15)11-12-9-6-4-3-5-8(9)10(14)13-11/h2-6H,1,7H2,(H,12,13,14). The highest BCUT2D eigenvalue weighted by Crippen LogP contribution is 2.09. The minimum Gasteiger partial charge on any atom is -0.609 e. The zero-order chi connectivity index (χ0) is 11.5. The molecule has 2 rings (SSSR count). The number of aromatic amines is 1. The minimum absolute atomic E-state index is 0.198. The number of nitrogens with one attached hydrogen (secondary N) is 1. The number of nitrogens with zero attached hydrogens (tertiary/aromatic N) is 1. The van der Waals surface area contributed by atoms with E-state index >= 15 is 0 Å². The van der Waals surface area contributed by atoms with E-state index in [0.717, 1.165) is 0 Å². The molecule has 0 spiro atoms. The van der Waals surface area contributed by atoms with Crippen LogP contribution in [-0.2, 0) is 11.2 Å². The molecule has 0 radical (unpaired) electrons. The molecule has 0 saturated heterocycles. The van der Waals surface area contributed by atoms with Crippen molar-refractivity contribution < 1.29 is 4.55 Å². The Kier molecular flexibility index (Phi) is 3.07. The second-order valence-electron chi connectivity index (χ2n) is 3.19. The lowest BCUT2D eigenvalue weighted by Crippen LogP contribution is -2.17. The molecule has 5 heteroatoms. The Balaban J connectivity index is 2.58. The summed E-state index contributed by atoms with van der Waals surface area (Å²) in [5.74, 6) is 0.279. The Hall–Kier alpha value is -1.59. The van der Waals surface area contributed by atoms with Crippen LogP contribution in [0.4, 0.5) is 0 Å². The van der Waals surface area contributed by atoms with Crippen LogP contribution in [0.5, 0.6) is 0 Å². The largest absolute Gasteiger partial charge is 0.609 e. The van der Waals surface area contributed by atoms with Gasteiger partial charge in [0, 0.05) is 11.2 Å². The minimum atomic E-state index is -1.33. The van der Waals surface area contributed by atoms with Gasteiger partial charge in [-0.05, 0) is 18.2 Å². The summed E-state index contributed by atoms with van der Waals surface area (Å²) >= 11 is -1.33. The lowest BCUT2D eigenvalue weighted by atomic mass is 10.2. The molecule has 0 saturated carbocycles. The zero-order valence-electron chi connectivity index (χ0n) is 8.47. The van der Waals surface area contributed by atoms with Crippen molar-refractivity contribution in [1.29, 1.82) is 0 Å². The van der Waals surface area contributed by atoms with Gasteiger partial charge in [0.25, 0.3) is 5.56 Å². The number of hydrogen-bond donors (Lipinski definition) is 1. The van der Waals surface area contributed by atoms with Gasteiger partial charge in [-0.25, -0.2) is 0 Å². The summed E-state index contributed by atoms with van der Waals surface area (Å²) in [6.45, 7) is 3.50. The first-order valence-electron chi connectivity index (χ1n) is 4.70.